The molecule has 4 rings (SSSR count). The minimum absolute atomic E-state index is 0.199. The minimum atomic E-state index is -0.417. The molecule has 0 aliphatic heterocycles. The number of hydrogen-bond donors (Lipinski definition) is 2. The van der Waals surface area contributed by atoms with Gasteiger partial charge in [-0.1, -0.05) is 140 Å². The first-order chi connectivity index (χ1) is 23.1. The molecule has 0 saturated heterocycles. The van der Waals surface area contributed by atoms with Crippen molar-refractivity contribution in [1.29, 1.82) is 0 Å². The van der Waals surface area contributed by atoms with E-state index in [0.717, 1.165) is 24.1 Å². The Labute approximate surface area is 291 Å². The molecule has 9 heteroatoms. The Morgan fingerprint density at radius 2 is 1.46 bits per heavy atom. The first-order valence-electron chi connectivity index (χ1n) is 17.9. The molecule has 260 valence electrons. The van der Waals surface area contributed by atoms with E-state index < -0.39 is 5.97 Å². The van der Waals surface area contributed by atoms with Gasteiger partial charge < -0.3 is 10.1 Å². The number of aryl methyl sites for hydroxylation is 1. The van der Waals surface area contributed by atoms with Crippen LogP contribution in [0.5, 0.6) is 0 Å². The Bertz CT molecular complexity index is 1630. The molecule has 1 amide bonds. The summed E-state index contributed by atoms with van der Waals surface area (Å²) in [4.78, 5) is 30.8. The lowest BCUT2D eigenvalue weighted by Crippen LogP contribution is -2.14. The summed E-state index contributed by atoms with van der Waals surface area (Å²) in [5.41, 5.74) is 4.09. The lowest BCUT2D eigenvalue weighted by molar-refractivity contribution is 0.0497. The summed E-state index contributed by atoms with van der Waals surface area (Å²) in [5.74, 6) is -0.331. The highest BCUT2D eigenvalue weighted by Gasteiger charge is 2.25. The third-order valence-electron chi connectivity index (χ3n) is 8.75. The molecule has 0 aliphatic rings. The van der Waals surface area contributed by atoms with Crippen LogP contribution in [0.15, 0.2) is 42.5 Å². The molecule has 2 aromatic carbocycles. The summed E-state index contributed by atoms with van der Waals surface area (Å²) < 4.78 is 7.10. The van der Waals surface area contributed by atoms with Crippen LogP contribution < -0.4 is 5.32 Å². The molecule has 0 spiro atoms. The Morgan fingerprint density at radius 1 is 0.854 bits per heavy atom. The lowest BCUT2D eigenvalue weighted by Gasteiger charge is -2.16. The van der Waals surface area contributed by atoms with Gasteiger partial charge in [0.2, 0.25) is 0 Å². The van der Waals surface area contributed by atoms with Crippen molar-refractivity contribution in [3.05, 3.63) is 69.9 Å². The van der Waals surface area contributed by atoms with Crippen molar-refractivity contribution in [3.8, 4) is 11.4 Å². The maximum atomic E-state index is 13.4. The van der Waals surface area contributed by atoms with E-state index in [-0.39, 0.29) is 11.3 Å². The quantitative estimate of drug-likeness (QED) is 0.0760. The number of hydrogen-bond acceptors (Lipinski definition) is 5. The first kappa shape index (κ1) is 37.2. The molecule has 0 saturated carbocycles. The van der Waals surface area contributed by atoms with Crippen LogP contribution in [0.1, 0.15) is 150 Å². The highest BCUT2D eigenvalue weighted by molar-refractivity contribution is 6.34. The van der Waals surface area contributed by atoms with Crippen LogP contribution in [-0.2, 0) is 10.2 Å². The Kier molecular flexibility index (Phi) is 14.1. The van der Waals surface area contributed by atoms with Gasteiger partial charge in [0.05, 0.1) is 23.6 Å². The molecule has 4 aromatic rings. The fraction of sp³-hybridized carbons (Fsp3) is 0.538. The Balaban J connectivity index is 1.23. The monoisotopic (exact) mass is 675 g/mol. The van der Waals surface area contributed by atoms with E-state index in [2.05, 4.69) is 43.2 Å². The highest BCUT2D eigenvalue weighted by atomic mass is 35.5. The normalized spacial score (nSPS) is 11.7. The number of anilines is 1. The molecule has 0 unspecified atom stereocenters. The van der Waals surface area contributed by atoms with E-state index in [1.54, 1.807) is 28.9 Å². The van der Waals surface area contributed by atoms with Crippen molar-refractivity contribution >= 4 is 34.8 Å². The van der Waals surface area contributed by atoms with Gasteiger partial charge in [-0.25, -0.2) is 9.78 Å². The topological polar surface area (TPSA) is 101 Å². The number of aromatic nitrogens is 4. The van der Waals surface area contributed by atoms with Crippen LogP contribution in [0.2, 0.25) is 5.02 Å². The van der Waals surface area contributed by atoms with E-state index in [1.165, 1.54) is 77.0 Å². The van der Waals surface area contributed by atoms with Gasteiger partial charge in [-0.3, -0.25) is 9.89 Å². The number of aromatic amines is 1. The predicted octanol–water partition coefficient (Wildman–Crippen LogP) is 10.9. The Morgan fingerprint density at radius 3 is 2.06 bits per heavy atom. The van der Waals surface area contributed by atoms with Gasteiger partial charge in [0.1, 0.15) is 5.02 Å². The number of halogens is 1. The van der Waals surface area contributed by atoms with E-state index in [1.807, 2.05) is 25.1 Å². The smallest absolute Gasteiger partial charge is 0.338 e. The second-order valence-electron chi connectivity index (χ2n) is 14.0. The summed E-state index contributed by atoms with van der Waals surface area (Å²) >= 11 is 6.65. The van der Waals surface area contributed by atoms with E-state index in [4.69, 9.17) is 21.3 Å². The number of ether oxygens (including phenoxy) is 1. The first-order valence-corrected chi connectivity index (χ1v) is 18.3. The summed E-state index contributed by atoms with van der Waals surface area (Å²) in [6, 6.07) is 12.3. The van der Waals surface area contributed by atoms with Crippen LogP contribution >= 0.6 is 11.6 Å². The fourth-order valence-corrected chi connectivity index (χ4v) is 6.34. The van der Waals surface area contributed by atoms with Gasteiger partial charge in [0.15, 0.2) is 11.5 Å². The standard InChI is InChI=1S/C39H54ClN5O3/c1-6-7-8-9-10-11-12-13-14-15-16-17-18-19-25-48-38(47)30-22-20-21-29(27-30)37(46)41-32-24-23-28(2)26-31(32)35-42-36-33(40)34(39(3,4)5)43-45(36)44-35/h20-24,26-27,43H,6-19,25H2,1-5H3,(H,41,46). The van der Waals surface area contributed by atoms with E-state index in [9.17, 15) is 9.59 Å². The van der Waals surface area contributed by atoms with Crippen LogP contribution in [0.3, 0.4) is 0 Å². The zero-order chi connectivity index (χ0) is 34.5. The van der Waals surface area contributed by atoms with Gasteiger partial charge in [-0.2, -0.15) is 4.63 Å². The molecule has 0 radical (unpaired) electrons. The van der Waals surface area contributed by atoms with Gasteiger partial charge >= 0.3 is 5.97 Å². The third-order valence-corrected chi connectivity index (χ3v) is 9.10. The van der Waals surface area contributed by atoms with Crippen molar-refractivity contribution in [2.75, 3.05) is 11.9 Å². The van der Waals surface area contributed by atoms with Crippen LogP contribution in [0.4, 0.5) is 5.69 Å². The molecule has 48 heavy (non-hydrogen) atoms. The maximum Gasteiger partial charge on any atom is 0.338 e. The average molecular weight is 676 g/mol. The maximum absolute atomic E-state index is 13.4. The summed E-state index contributed by atoms with van der Waals surface area (Å²) in [6.45, 7) is 10.8. The minimum Gasteiger partial charge on any atom is -0.462 e. The van der Waals surface area contributed by atoms with Crippen molar-refractivity contribution in [2.45, 2.75) is 130 Å². The molecular formula is C39H54ClN5O3. The van der Waals surface area contributed by atoms with Crippen LogP contribution in [0.25, 0.3) is 17.0 Å². The molecule has 0 atom stereocenters. The number of unbranched alkanes of at least 4 members (excludes halogenated alkanes) is 13. The van der Waals surface area contributed by atoms with Crippen LogP contribution in [0, 0.1) is 6.92 Å². The number of esters is 1. The summed E-state index contributed by atoms with van der Waals surface area (Å²) in [7, 11) is 0. The average Bonchev–Trinajstić information content (AvgIpc) is 3.62. The van der Waals surface area contributed by atoms with Gasteiger partial charge in [-0.15, -0.1) is 5.10 Å². The fourth-order valence-electron chi connectivity index (χ4n) is 5.89. The SMILES string of the molecule is CCCCCCCCCCCCCCCCOC(=O)c1cccc(C(=O)Nc2ccc(C)cc2-c2nc3c(Cl)c(C(C)(C)C)[nH]n3n2)c1. The van der Waals surface area contributed by atoms with E-state index >= 15 is 0 Å². The molecule has 0 bridgehead atoms. The molecule has 2 N–H and O–H groups in total. The molecule has 0 fully saturated rings. The zero-order valence-corrected chi connectivity index (χ0v) is 30.3. The third kappa shape index (κ3) is 10.7. The van der Waals surface area contributed by atoms with Crippen molar-refractivity contribution < 1.29 is 14.3 Å². The van der Waals surface area contributed by atoms with Gasteiger partial charge in [0, 0.05) is 16.5 Å². The number of benzene rings is 2. The Hall–Kier alpha value is -3.65. The number of rotatable bonds is 19. The predicted molar refractivity (Wildman–Crippen MR) is 196 cm³/mol. The van der Waals surface area contributed by atoms with Gasteiger partial charge in [-0.05, 0) is 43.7 Å². The largest absolute Gasteiger partial charge is 0.462 e. The lowest BCUT2D eigenvalue weighted by atomic mass is 9.92. The number of amides is 1. The number of carbonyl (C=O) groups is 2. The summed E-state index contributed by atoms with van der Waals surface area (Å²) in [5, 5.41) is 11.4. The van der Waals surface area contributed by atoms with Crippen molar-refractivity contribution in [2.24, 2.45) is 0 Å². The zero-order valence-electron chi connectivity index (χ0n) is 29.6. The summed E-state index contributed by atoms with van der Waals surface area (Å²) in [6.07, 6.45) is 17.9. The highest BCUT2D eigenvalue weighted by Crippen LogP contribution is 2.33. The number of H-pyrrole nitrogens is 1. The molecule has 8 nitrogen and oxygen atoms in total. The van der Waals surface area contributed by atoms with Gasteiger partial charge in [0.25, 0.3) is 5.91 Å². The second kappa shape index (κ2) is 18.2. The molecule has 2 aromatic heterocycles. The van der Waals surface area contributed by atoms with Crippen molar-refractivity contribution in [1.82, 2.24) is 19.8 Å². The number of fused-ring (bicyclic) bond motifs is 1. The number of nitrogens with one attached hydrogen (secondary N) is 2. The van der Waals surface area contributed by atoms with E-state index in [0.29, 0.717) is 45.5 Å². The second-order valence-corrected chi connectivity index (χ2v) is 14.4. The molecule has 2 heterocycles. The van der Waals surface area contributed by atoms with Crippen molar-refractivity contribution in [3.63, 3.8) is 0 Å². The number of nitrogens with zero attached hydrogens (tertiary/aromatic N) is 3. The molecular weight excluding hydrogens is 622 g/mol. The number of carbonyl (C=O) groups excluding carboxylic acids is 2. The van der Waals surface area contributed by atoms with Crippen LogP contribution in [-0.4, -0.2) is 38.3 Å². The molecule has 0 aliphatic carbocycles.